The third-order valence-corrected chi connectivity index (χ3v) is 1.75. The summed E-state index contributed by atoms with van der Waals surface area (Å²) in [5.41, 5.74) is 5.34. The third kappa shape index (κ3) is 1.85. The summed E-state index contributed by atoms with van der Waals surface area (Å²) in [6.07, 6.45) is 2.07. The fourth-order valence-corrected chi connectivity index (χ4v) is 1.03. The second-order valence-electron chi connectivity index (χ2n) is 2.40. The largest absolute Gasteiger partial charge is 0.330 e. The maximum atomic E-state index is 8.31. The summed E-state index contributed by atoms with van der Waals surface area (Å²) in [7, 11) is 0. The van der Waals surface area contributed by atoms with Crippen molar-refractivity contribution in [3.63, 3.8) is 0 Å². The third-order valence-electron chi connectivity index (χ3n) is 1.75. The maximum Gasteiger partial charge on any atom is 0.0656 e. The van der Waals surface area contributed by atoms with Gasteiger partial charge in [-0.1, -0.05) is 0 Å². The Labute approximate surface area is 61.4 Å². The molecule has 52 valence electrons. The molecule has 1 saturated carbocycles. The van der Waals surface area contributed by atoms with Crippen LogP contribution in [0.2, 0.25) is 0 Å². The van der Waals surface area contributed by atoms with Crippen LogP contribution in [0, 0.1) is 23.2 Å². The minimum Gasteiger partial charge on any atom is -0.330 e. The van der Waals surface area contributed by atoms with Crippen molar-refractivity contribution in [3.05, 3.63) is 0 Å². The molecule has 0 aromatic rings. The Morgan fingerprint density at radius 2 is 2.11 bits per heavy atom. The fraction of sp³-hybridized carbons (Fsp3) is 0.833. The van der Waals surface area contributed by atoms with Crippen molar-refractivity contribution in [2.24, 2.45) is 17.6 Å². The summed E-state index contributed by atoms with van der Waals surface area (Å²) in [5.74, 6) is 0.975. The van der Waals surface area contributed by atoms with Gasteiger partial charge in [0, 0.05) is 5.92 Å². The minimum absolute atomic E-state index is 0. The molecular formula is C6H11ClN2. The van der Waals surface area contributed by atoms with E-state index in [4.69, 9.17) is 11.0 Å². The molecule has 3 heteroatoms. The summed E-state index contributed by atoms with van der Waals surface area (Å²) in [6.45, 7) is 0.762. The van der Waals surface area contributed by atoms with Crippen molar-refractivity contribution in [1.82, 2.24) is 0 Å². The second-order valence-corrected chi connectivity index (χ2v) is 2.40. The zero-order valence-electron chi connectivity index (χ0n) is 5.21. The number of hydrogen-bond donors (Lipinski definition) is 1. The average molecular weight is 147 g/mol. The first kappa shape index (κ1) is 8.74. The highest BCUT2D eigenvalue weighted by molar-refractivity contribution is 5.85. The van der Waals surface area contributed by atoms with Crippen LogP contribution >= 0.6 is 12.4 Å². The Balaban J connectivity index is 0.000000640. The molecule has 0 atom stereocenters. The molecule has 0 amide bonds. The lowest BCUT2D eigenvalue weighted by Crippen LogP contribution is -2.28. The molecule has 0 bridgehead atoms. The summed E-state index contributed by atoms with van der Waals surface area (Å²) in [5, 5.41) is 8.31. The lowest BCUT2D eigenvalue weighted by Gasteiger charge is -2.28. The van der Waals surface area contributed by atoms with Crippen LogP contribution in [0.1, 0.15) is 12.8 Å². The number of halogens is 1. The molecule has 1 aliphatic rings. The smallest absolute Gasteiger partial charge is 0.0656 e. The van der Waals surface area contributed by atoms with Crippen LogP contribution in [-0.4, -0.2) is 6.54 Å². The molecule has 0 aromatic carbocycles. The quantitative estimate of drug-likeness (QED) is 0.598. The Kier molecular flexibility index (Phi) is 3.60. The van der Waals surface area contributed by atoms with Gasteiger partial charge in [0.15, 0.2) is 0 Å². The van der Waals surface area contributed by atoms with Gasteiger partial charge >= 0.3 is 0 Å². The van der Waals surface area contributed by atoms with E-state index in [1.54, 1.807) is 0 Å². The molecule has 1 rings (SSSR count). The first-order chi connectivity index (χ1) is 3.86. The molecule has 0 aliphatic heterocycles. The predicted molar refractivity (Wildman–Crippen MR) is 38.1 cm³/mol. The molecule has 2 nitrogen and oxygen atoms in total. The van der Waals surface area contributed by atoms with Gasteiger partial charge in [-0.3, -0.25) is 0 Å². The molecular weight excluding hydrogens is 136 g/mol. The van der Waals surface area contributed by atoms with Gasteiger partial charge in [0.25, 0.3) is 0 Å². The standard InChI is InChI=1S/C6H10N2.ClH/c7-3-5-1-6(2-5)4-8;/h5-6H,1-3,7H2;1H. The van der Waals surface area contributed by atoms with E-state index in [0.29, 0.717) is 11.8 Å². The van der Waals surface area contributed by atoms with Crippen molar-refractivity contribution < 1.29 is 0 Å². The Bertz CT molecular complexity index is 113. The van der Waals surface area contributed by atoms with E-state index in [1.807, 2.05) is 0 Å². The first-order valence-corrected chi connectivity index (χ1v) is 2.96. The van der Waals surface area contributed by atoms with Crippen LogP contribution in [-0.2, 0) is 0 Å². The van der Waals surface area contributed by atoms with Gasteiger partial charge in [0.1, 0.15) is 0 Å². The molecule has 0 heterocycles. The van der Waals surface area contributed by atoms with Crippen molar-refractivity contribution in [2.75, 3.05) is 6.54 Å². The van der Waals surface area contributed by atoms with Gasteiger partial charge in [0.05, 0.1) is 6.07 Å². The molecule has 1 aliphatic carbocycles. The summed E-state index contributed by atoms with van der Waals surface area (Å²) in [6, 6.07) is 2.21. The highest BCUT2D eigenvalue weighted by Gasteiger charge is 2.26. The lowest BCUT2D eigenvalue weighted by atomic mass is 9.76. The molecule has 0 aromatic heterocycles. The number of nitriles is 1. The van der Waals surface area contributed by atoms with Crippen LogP contribution in [0.25, 0.3) is 0 Å². The second kappa shape index (κ2) is 3.71. The normalized spacial score (nSPS) is 31.6. The number of nitrogens with zero attached hydrogens (tertiary/aromatic N) is 1. The van der Waals surface area contributed by atoms with Crippen LogP contribution < -0.4 is 5.73 Å². The van der Waals surface area contributed by atoms with E-state index >= 15 is 0 Å². The van der Waals surface area contributed by atoms with E-state index < -0.39 is 0 Å². The highest BCUT2D eigenvalue weighted by Crippen LogP contribution is 2.31. The van der Waals surface area contributed by atoms with Gasteiger partial charge in [0.2, 0.25) is 0 Å². The Morgan fingerprint density at radius 3 is 2.44 bits per heavy atom. The van der Waals surface area contributed by atoms with E-state index in [0.717, 1.165) is 19.4 Å². The Morgan fingerprint density at radius 1 is 1.56 bits per heavy atom. The van der Waals surface area contributed by atoms with Gasteiger partial charge in [-0.05, 0) is 25.3 Å². The SMILES string of the molecule is Cl.N#CC1CC(CN)C1. The molecule has 0 saturated heterocycles. The van der Waals surface area contributed by atoms with E-state index in [9.17, 15) is 0 Å². The Hall–Kier alpha value is -0.260. The zero-order valence-corrected chi connectivity index (χ0v) is 6.03. The monoisotopic (exact) mass is 146 g/mol. The number of nitrogens with two attached hydrogens (primary N) is 1. The van der Waals surface area contributed by atoms with Gasteiger partial charge in [-0.15, -0.1) is 12.4 Å². The molecule has 0 spiro atoms. The predicted octanol–water partition coefficient (Wildman–Crippen LogP) is 0.917. The molecule has 0 radical (unpaired) electrons. The van der Waals surface area contributed by atoms with Crippen LogP contribution in [0.4, 0.5) is 0 Å². The number of rotatable bonds is 1. The van der Waals surface area contributed by atoms with Crippen molar-refractivity contribution in [1.29, 1.82) is 5.26 Å². The molecule has 2 N–H and O–H groups in total. The summed E-state index contributed by atoms with van der Waals surface area (Å²) >= 11 is 0. The number of hydrogen-bond acceptors (Lipinski definition) is 2. The first-order valence-electron chi connectivity index (χ1n) is 2.96. The van der Waals surface area contributed by atoms with Crippen molar-refractivity contribution in [2.45, 2.75) is 12.8 Å². The van der Waals surface area contributed by atoms with Gasteiger partial charge < -0.3 is 5.73 Å². The summed E-state index contributed by atoms with van der Waals surface area (Å²) in [4.78, 5) is 0. The lowest BCUT2D eigenvalue weighted by molar-refractivity contribution is 0.254. The molecule has 1 fully saturated rings. The van der Waals surface area contributed by atoms with E-state index in [2.05, 4.69) is 6.07 Å². The van der Waals surface area contributed by atoms with Crippen molar-refractivity contribution >= 4 is 12.4 Å². The van der Waals surface area contributed by atoms with Crippen LogP contribution in [0.15, 0.2) is 0 Å². The zero-order chi connectivity index (χ0) is 5.98. The maximum absolute atomic E-state index is 8.31. The van der Waals surface area contributed by atoms with Crippen molar-refractivity contribution in [3.8, 4) is 6.07 Å². The minimum atomic E-state index is 0. The van der Waals surface area contributed by atoms with E-state index in [-0.39, 0.29) is 12.4 Å². The summed E-state index contributed by atoms with van der Waals surface area (Å²) < 4.78 is 0. The molecule has 0 unspecified atom stereocenters. The van der Waals surface area contributed by atoms with Gasteiger partial charge in [-0.25, -0.2) is 0 Å². The fourth-order valence-electron chi connectivity index (χ4n) is 1.03. The highest BCUT2D eigenvalue weighted by atomic mass is 35.5. The van der Waals surface area contributed by atoms with E-state index in [1.165, 1.54) is 0 Å². The molecule has 9 heavy (non-hydrogen) atoms. The van der Waals surface area contributed by atoms with Crippen LogP contribution in [0.5, 0.6) is 0 Å². The average Bonchev–Trinajstić information content (AvgIpc) is 1.65. The van der Waals surface area contributed by atoms with Crippen LogP contribution in [0.3, 0.4) is 0 Å². The topological polar surface area (TPSA) is 49.8 Å². The van der Waals surface area contributed by atoms with Gasteiger partial charge in [-0.2, -0.15) is 5.26 Å².